The van der Waals surface area contributed by atoms with E-state index in [1.807, 2.05) is 13.0 Å². The number of rotatable bonds is 4. The Balaban J connectivity index is 3.10. The van der Waals surface area contributed by atoms with Gasteiger partial charge in [0.05, 0.1) is 5.69 Å². The fraction of sp³-hybridized carbons (Fsp3) is 0.333. The maximum absolute atomic E-state index is 11.6. The fourth-order valence-corrected chi connectivity index (χ4v) is 2.27. The molecule has 0 saturated carbocycles. The number of aliphatic hydroxyl groups excluding tert-OH is 1. The van der Waals surface area contributed by atoms with Gasteiger partial charge in [0.2, 0.25) is 0 Å². The monoisotopic (exact) mass is 268 g/mol. The highest BCUT2D eigenvalue weighted by Crippen LogP contribution is 2.17. The Morgan fingerprint density at radius 2 is 2.11 bits per heavy atom. The first-order chi connectivity index (χ1) is 8.48. The van der Waals surface area contributed by atoms with E-state index in [0.29, 0.717) is 17.8 Å². The molecule has 98 valence electrons. The van der Waals surface area contributed by atoms with Crippen LogP contribution in [0, 0.1) is 18.8 Å². The molecule has 0 aromatic heterocycles. The maximum Gasteiger partial charge on any atom is 0.299 e. The van der Waals surface area contributed by atoms with Crippen LogP contribution in [-0.4, -0.2) is 26.7 Å². The van der Waals surface area contributed by atoms with Crippen LogP contribution in [0.2, 0.25) is 0 Å². The number of benzene rings is 1. The predicted molar refractivity (Wildman–Crippen MR) is 71.4 cm³/mol. The molecule has 0 spiro atoms. The molecule has 0 fully saturated rings. The van der Waals surface area contributed by atoms with Crippen molar-refractivity contribution in [2.45, 2.75) is 13.8 Å². The molecule has 18 heavy (non-hydrogen) atoms. The smallest absolute Gasteiger partial charge is 0.299 e. The van der Waals surface area contributed by atoms with Gasteiger partial charge < -0.3 is 5.11 Å². The first-order valence-electron chi connectivity index (χ1n) is 5.46. The summed E-state index contributed by atoms with van der Waals surface area (Å²) in [5, 5.41) is 8.67. The first-order valence-corrected chi connectivity index (χ1v) is 6.94. The van der Waals surface area contributed by atoms with Crippen LogP contribution in [0.5, 0.6) is 0 Å². The molecule has 1 aromatic rings. The van der Waals surface area contributed by atoms with Gasteiger partial charge in [-0.15, -0.1) is 0 Å². The molecule has 1 aromatic carbocycles. The molecule has 0 saturated heterocycles. The van der Waals surface area contributed by atoms with Crippen molar-refractivity contribution in [2.75, 3.05) is 17.9 Å². The summed E-state index contributed by atoms with van der Waals surface area (Å²) in [7, 11) is -3.58. The van der Waals surface area contributed by atoms with Crippen LogP contribution in [0.3, 0.4) is 0 Å². The molecule has 0 aliphatic carbocycles. The molecule has 0 bridgehead atoms. The zero-order valence-corrected chi connectivity index (χ0v) is 11.1. The van der Waals surface area contributed by atoms with E-state index in [1.54, 1.807) is 19.1 Å². The number of aryl methyl sites for hydroxylation is 1. The first kappa shape index (κ1) is 14.5. The molecule has 1 rings (SSSR count). The lowest BCUT2D eigenvalue weighted by Gasteiger charge is -2.10. The average Bonchev–Trinajstić information content (AvgIpc) is 2.27. The standard InChI is InChI=1S/C12H16N2O3S/c1-3-13-18(16,17)14-12-9-10(2)6-7-11(12)5-4-8-15/h6-7,9,13-15H,3,8H2,1-2H3. The Morgan fingerprint density at radius 1 is 1.39 bits per heavy atom. The fourth-order valence-electron chi connectivity index (χ4n) is 1.36. The van der Waals surface area contributed by atoms with Crippen LogP contribution in [0.1, 0.15) is 18.1 Å². The maximum atomic E-state index is 11.6. The molecule has 6 heteroatoms. The third kappa shape index (κ3) is 4.37. The lowest BCUT2D eigenvalue weighted by molar-refractivity contribution is 0.350. The van der Waals surface area contributed by atoms with E-state index in [-0.39, 0.29) is 6.61 Å². The van der Waals surface area contributed by atoms with E-state index in [0.717, 1.165) is 5.56 Å². The number of hydrogen-bond acceptors (Lipinski definition) is 3. The van der Waals surface area contributed by atoms with Crippen LogP contribution >= 0.6 is 0 Å². The zero-order valence-electron chi connectivity index (χ0n) is 10.3. The van der Waals surface area contributed by atoms with Crippen LogP contribution in [0.15, 0.2) is 18.2 Å². The van der Waals surface area contributed by atoms with Crippen molar-refractivity contribution in [1.29, 1.82) is 0 Å². The number of nitrogens with one attached hydrogen (secondary N) is 2. The van der Waals surface area contributed by atoms with Gasteiger partial charge in [-0.1, -0.05) is 24.8 Å². The Bertz CT molecular complexity index is 571. The second-order valence-corrected chi connectivity index (χ2v) is 5.11. The Hall–Kier alpha value is -1.55. The largest absolute Gasteiger partial charge is 0.384 e. The van der Waals surface area contributed by atoms with Gasteiger partial charge in [-0.2, -0.15) is 13.1 Å². The molecule has 0 atom stereocenters. The van der Waals surface area contributed by atoms with Crippen LogP contribution in [0.25, 0.3) is 0 Å². The van der Waals surface area contributed by atoms with Crippen molar-refractivity contribution in [3.63, 3.8) is 0 Å². The summed E-state index contributed by atoms with van der Waals surface area (Å²) in [6.45, 7) is 3.59. The topological polar surface area (TPSA) is 78.4 Å². The highest BCUT2D eigenvalue weighted by atomic mass is 32.2. The normalized spacial score (nSPS) is 10.6. The Morgan fingerprint density at radius 3 is 2.72 bits per heavy atom. The summed E-state index contributed by atoms with van der Waals surface area (Å²) in [6, 6.07) is 5.23. The number of hydrogen-bond donors (Lipinski definition) is 3. The van der Waals surface area contributed by atoms with Gasteiger partial charge in [0.15, 0.2) is 0 Å². The average molecular weight is 268 g/mol. The molecule has 0 heterocycles. The van der Waals surface area contributed by atoms with Crippen molar-refractivity contribution in [1.82, 2.24) is 4.72 Å². The number of aliphatic hydroxyl groups is 1. The minimum Gasteiger partial charge on any atom is -0.384 e. The van der Waals surface area contributed by atoms with E-state index >= 15 is 0 Å². The highest BCUT2D eigenvalue weighted by Gasteiger charge is 2.10. The minimum absolute atomic E-state index is 0.271. The predicted octanol–water partition coefficient (Wildman–Crippen LogP) is 0.605. The van der Waals surface area contributed by atoms with Crippen molar-refractivity contribution >= 4 is 15.9 Å². The van der Waals surface area contributed by atoms with E-state index in [2.05, 4.69) is 21.3 Å². The van der Waals surface area contributed by atoms with Gasteiger partial charge >= 0.3 is 0 Å². The van der Waals surface area contributed by atoms with Crippen LogP contribution in [-0.2, 0) is 10.2 Å². The summed E-state index contributed by atoms with van der Waals surface area (Å²) in [5.74, 6) is 5.19. The van der Waals surface area contributed by atoms with Gasteiger partial charge in [-0.05, 0) is 24.6 Å². The van der Waals surface area contributed by atoms with Gasteiger partial charge in [0.1, 0.15) is 6.61 Å². The summed E-state index contributed by atoms with van der Waals surface area (Å²) in [4.78, 5) is 0. The summed E-state index contributed by atoms with van der Waals surface area (Å²) in [5.41, 5.74) is 1.84. The van der Waals surface area contributed by atoms with Crippen molar-refractivity contribution in [2.24, 2.45) is 0 Å². The number of anilines is 1. The van der Waals surface area contributed by atoms with E-state index in [4.69, 9.17) is 5.11 Å². The SMILES string of the molecule is CCNS(=O)(=O)Nc1cc(C)ccc1C#CCO. The van der Waals surface area contributed by atoms with Gasteiger partial charge in [0.25, 0.3) is 10.2 Å². The van der Waals surface area contributed by atoms with Gasteiger partial charge in [0, 0.05) is 12.1 Å². The van der Waals surface area contributed by atoms with E-state index < -0.39 is 10.2 Å². The summed E-state index contributed by atoms with van der Waals surface area (Å²) in [6.07, 6.45) is 0. The third-order valence-electron chi connectivity index (χ3n) is 2.06. The van der Waals surface area contributed by atoms with E-state index in [1.165, 1.54) is 0 Å². The lowest BCUT2D eigenvalue weighted by atomic mass is 10.1. The van der Waals surface area contributed by atoms with Crippen molar-refractivity contribution in [3.8, 4) is 11.8 Å². The second kappa shape index (κ2) is 6.40. The zero-order chi connectivity index (χ0) is 13.6. The molecule has 0 unspecified atom stereocenters. The van der Waals surface area contributed by atoms with Gasteiger partial charge in [-0.25, -0.2) is 0 Å². The molecule has 0 aliphatic rings. The molecule has 0 aliphatic heterocycles. The third-order valence-corrected chi connectivity index (χ3v) is 3.21. The Labute approximate surface area is 107 Å². The summed E-state index contributed by atoms with van der Waals surface area (Å²) < 4.78 is 28.0. The molecule has 0 amide bonds. The molecular formula is C12H16N2O3S. The highest BCUT2D eigenvalue weighted by molar-refractivity contribution is 7.90. The molecule has 5 nitrogen and oxygen atoms in total. The second-order valence-electron chi connectivity index (χ2n) is 3.61. The Kier molecular flexibility index (Phi) is 5.16. The summed E-state index contributed by atoms with van der Waals surface area (Å²) >= 11 is 0. The van der Waals surface area contributed by atoms with E-state index in [9.17, 15) is 8.42 Å². The van der Waals surface area contributed by atoms with Crippen molar-refractivity contribution in [3.05, 3.63) is 29.3 Å². The molecule has 3 N–H and O–H groups in total. The van der Waals surface area contributed by atoms with Crippen LogP contribution < -0.4 is 9.44 Å². The van der Waals surface area contributed by atoms with Gasteiger partial charge in [-0.3, -0.25) is 4.72 Å². The molecular weight excluding hydrogens is 252 g/mol. The minimum atomic E-state index is -3.58. The van der Waals surface area contributed by atoms with Crippen molar-refractivity contribution < 1.29 is 13.5 Å². The lowest BCUT2D eigenvalue weighted by Crippen LogP contribution is -2.30. The molecule has 0 radical (unpaired) electrons. The quantitative estimate of drug-likeness (QED) is 0.700. The van der Waals surface area contributed by atoms with Crippen LogP contribution in [0.4, 0.5) is 5.69 Å².